The summed E-state index contributed by atoms with van der Waals surface area (Å²) >= 11 is 0. The topological polar surface area (TPSA) is 55.9 Å². The molecule has 1 aliphatic heterocycles. The predicted molar refractivity (Wildman–Crippen MR) is 83.0 cm³/mol. The van der Waals surface area contributed by atoms with Crippen molar-refractivity contribution >= 4 is 10.2 Å². The Bertz CT molecular complexity index is 375. The van der Waals surface area contributed by atoms with Crippen LogP contribution in [-0.4, -0.2) is 81.8 Å². The van der Waals surface area contributed by atoms with Gasteiger partial charge in [0, 0.05) is 33.2 Å². The van der Waals surface area contributed by atoms with Crippen molar-refractivity contribution in [2.24, 2.45) is 0 Å². The second-order valence-electron chi connectivity index (χ2n) is 5.49. The van der Waals surface area contributed by atoms with Gasteiger partial charge in [0.25, 0.3) is 10.2 Å². The van der Waals surface area contributed by atoms with Crippen LogP contribution in [0.2, 0.25) is 0 Å². The molecule has 0 aromatic rings. The van der Waals surface area contributed by atoms with E-state index in [1.807, 2.05) is 7.05 Å². The van der Waals surface area contributed by atoms with E-state index in [1.165, 1.54) is 15.0 Å². The number of likely N-dealkylation sites (N-methyl/N-ethyl adjacent to an activating group) is 2. The third kappa shape index (κ3) is 4.66. The van der Waals surface area contributed by atoms with Gasteiger partial charge >= 0.3 is 0 Å². The maximum absolute atomic E-state index is 12.4. The van der Waals surface area contributed by atoms with E-state index in [1.54, 1.807) is 14.1 Å². The zero-order valence-electron chi connectivity index (χ0n) is 13.3. The van der Waals surface area contributed by atoms with E-state index in [0.29, 0.717) is 19.1 Å². The highest BCUT2D eigenvalue weighted by Gasteiger charge is 2.30. The Morgan fingerprint density at radius 3 is 2.60 bits per heavy atom. The van der Waals surface area contributed by atoms with Crippen LogP contribution in [0.4, 0.5) is 0 Å². The highest BCUT2D eigenvalue weighted by atomic mass is 32.2. The van der Waals surface area contributed by atoms with E-state index in [-0.39, 0.29) is 0 Å². The van der Waals surface area contributed by atoms with Gasteiger partial charge in [-0.15, -0.1) is 0 Å². The Balaban J connectivity index is 2.53. The lowest BCUT2D eigenvalue weighted by Gasteiger charge is -2.30. The standard InChI is InChI=1S/C13H30N4O2S/c1-5-17-11-6-8-13(17)12-16(4)20(18,19)15(3)10-7-9-14-2/h13-14H,5-12H2,1-4H3. The fraction of sp³-hybridized carbons (Fsp3) is 1.00. The average Bonchev–Trinajstić information content (AvgIpc) is 2.85. The number of hydrogen-bond donors (Lipinski definition) is 1. The van der Waals surface area contributed by atoms with Crippen molar-refractivity contribution in [2.45, 2.75) is 32.2 Å². The average molecular weight is 306 g/mol. The molecule has 1 heterocycles. The van der Waals surface area contributed by atoms with Crippen LogP contribution in [0.1, 0.15) is 26.2 Å². The van der Waals surface area contributed by atoms with Gasteiger partial charge in [-0.2, -0.15) is 17.0 Å². The lowest BCUT2D eigenvalue weighted by atomic mass is 10.2. The third-order valence-electron chi connectivity index (χ3n) is 4.06. The Morgan fingerprint density at radius 2 is 2.00 bits per heavy atom. The van der Waals surface area contributed by atoms with Gasteiger partial charge in [-0.1, -0.05) is 6.92 Å². The molecule has 0 aromatic carbocycles. The molecule has 120 valence electrons. The minimum absolute atomic E-state index is 0.366. The fourth-order valence-electron chi connectivity index (χ4n) is 2.74. The molecule has 0 amide bonds. The van der Waals surface area contributed by atoms with Gasteiger partial charge in [-0.3, -0.25) is 4.90 Å². The number of hydrogen-bond acceptors (Lipinski definition) is 4. The summed E-state index contributed by atoms with van der Waals surface area (Å²) in [5, 5.41) is 3.03. The summed E-state index contributed by atoms with van der Waals surface area (Å²) in [4.78, 5) is 2.37. The lowest BCUT2D eigenvalue weighted by Crippen LogP contribution is -2.46. The maximum atomic E-state index is 12.4. The van der Waals surface area contributed by atoms with Crippen LogP contribution in [0.25, 0.3) is 0 Å². The molecule has 1 saturated heterocycles. The quantitative estimate of drug-likeness (QED) is 0.618. The van der Waals surface area contributed by atoms with Crippen LogP contribution in [-0.2, 0) is 10.2 Å². The zero-order chi connectivity index (χ0) is 15.2. The van der Waals surface area contributed by atoms with E-state index < -0.39 is 10.2 Å². The molecule has 0 bridgehead atoms. The number of rotatable bonds is 9. The first-order chi connectivity index (χ1) is 9.43. The molecule has 0 radical (unpaired) electrons. The minimum atomic E-state index is -3.33. The van der Waals surface area contributed by atoms with E-state index >= 15 is 0 Å². The van der Waals surface area contributed by atoms with E-state index in [9.17, 15) is 8.42 Å². The van der Waals surface area contributed by atoms with Crippen LogP contribution in [0.15, 0.2) is 0 Å². The van der Waals surface area contributed by atoms with Crippen LogP contribution in [0.5, 0.6) is 0 Å². The van der Waals surface area contributed by atoms with Gasteiger partial charge < -0.3 is 5.32 Å². The van der Waals surface area contributed by atoms with E-state index in [4.69, 9.17) is 0 Å². The summed E-state index contributed by atoms with van der Waals surface area (Å²) in [6, 6.07) is 0.366. The molecule has 0 saturated carbocycles. The molecule has 1 rings (SSSR count). The second-order valence-corrected chi connectivity index (χ2v) is 7.63. The highest BCUT2D eigenvalue weighted by molar-refractivity contribution is 7.86. The molecule has 7 heteroatoms. The van der Waals surface area contributed by atoms with Crippen LogP contribution in [0.3, 0.4) is 0 Å². The lowest BCUT2D eigenvalue weighted by molar-refractivity contribution is 0.233. The minimum Gasteiger partial charge on any atom is -0.320 e. The molecule has 1 N–H and O–H groups in total. The molecule has 0 aromatic heterocycles. The fourth-order valence-corrected chi connectivity index (χ4v) is 3.94. The molecule has 1 unspecified atom stereocenters. The van der Waals surface area contributed by atoms with E-state index in [2.05, 4.69) is 17.1 Å². The summed E-state index contributed by atoms with van der Waals surface area (Å²) in [6.07, 6.45) is 3.09. The van der Waals surface area contributed by atoms with E-state index in [0.717, 1.165) is 32.5 Å². The first-order valence-corrected chi connectivity index (χ1v) is 8.89. The van der Waals surface area contributed by atoms with Crippen LogP contribution in [0, 0.1) is 0 Å². The summed E-state index contributed by atoms with van der Waals surface area (Å²) in [6.45, 7) is 6.19. The SMILES string of the molecule is CCN1CCCC1CN(C)S(=O)(=O)N(C)CCCNC. The van der Waals surface area contributed by atoms with Crippen molar-refractivity contribution in [3.63, 3.8) is 0 Å². The van der Waals surface area contributed by atoms with Crippen LogP contribution >= 0.6 is 0 Å². The van der Waals surface area contributed by atoms with Crippen molar-refractivity contribution in [2.75, 3.05) is 53.9 Å². The predicted octanol–water partition coefficient (Wildman–Crippen LogP) is 0.189. The molecule has 20 heavy (non-hydrogen) atoms. The monoisotopic (exact) mass is 306 g/mol. The summed E-state index contributed by atoms with van der Waals surface area (Å²) in [5.74, 6) is 0. The van der Waals surface area contributed by atoms with Crippen molar-refractivity contribution in [3.05, 3.63) is 0 Å². The largest absolute Gasteiger partial charge is 0.320 e. The summed E-state index contributed by atoms with van der Waals surface area (Å²) in [7, 11) is 1.90. The Morgan fingerprint density at radius 1 is 1.30 bits per heavy atom. The molecule has 1 aliphatic rings. The van der Waals surface area contributed by atoms with Crippen molar-refractivity contribution in [1.82, 2.24) is 18.8 Å². The number of nitrogens with zero attached hydrogens (tertiary/aromatic N) is 3. The van der Waals surface area contributed by atoms with Gasteiger partial charge in [0.15, 0.2) is 0 Å². The van der Waals surface area contributed by atoms with Gasteiger partial charge in [0.1, 0.15) is 0 Å². The molecule has 0 aliphatic carbocycles. The smallest absolute Gasteiger partial charge is 0.281 e. The molecular formula is C13H30N4O2S. The molecular weight excluding hydrogens is 276 g/mol. The Kier molecular flexibility index (Phi) is 7.39. The summed E-state index contributed by atoms with van der Waals surface area (Å²) < 4.78 is 27.8. The zero-order valence-corrected chi connectivity index (χ0v) is 14.1. The number of likely N-dealkylation sites (tertiary alicyclic amines) is 1. The highest BCUT2D eigenvalue weighted by Crippen LogP contribution is 2.18. The molecule has 1 fully saturated rings. The first-order valence-electron chi connectivity index (χ1n) is 7.49. The number of nitrogens with one attached hydrogen (secondary N) is 1. The summed E-state index contributed by atoms with van der Waals surface area (Å²) in [5.41, 5.74) is 0. The molecule has 1 atom stereocenters. The maximum Gasteiger partial charge on any atom is 0.281 e. The second kappa shape index (κ2) is 8.29. The normalized spacial score (nSPS) is 21.2. The van der Waals surface area contributed by atoms with Gasteiger partial charge in [-0.25, -0.2) is 0 Å². The van der Waals surface area contributed by atoms with Crippen molar-refractivity contribution in [1.29, 1.82) is 0 Å². The molecule has 0 spiro atoms. The third-order valence-corrected chi connectivity index (χ3v) is 5.97. The van der Waals surface area contributed by atoms with Crippen molar-refractivity contribution < 1.29 is 8.42 Å². The Labute approximate surface area is 124 Å². The van der Waals surface area contributed by atoms with Gasteiger partial charge in [0.2, 0.25) is 0 Å². The molecule has 6 nitrogen and oxygen atoms in total. The first kappa shape index (κ1) is 17.8. The van der Waals surface area contributed by atoms with Gasteiger partial charge in [-0.05, 0) is 45.9 Å². The Hall–Kier alpha value is -0.210. The van der Waals surface area contributed by atoms with Crippen LogP contribution < -0.4 is 5.32 Å². The van der Waals surface area contributed by atoms with Gasteiger partial charge in [0.05, 0.1) is 0 Å². The van der Waals surface area contributed by atoms with Crippen molar-refractivity contribution in [3.8, 4) is 0 Å².